The van der Waals surface area contributed by atoms with Crippen molar-refractivity contribution in [2.24, 2.45) is 5.92 Å². The molecule has 4 rings (SSSR count). The Bertz CT molecular complexity index is 1490. The summed E-state index contributed by atoms with van der Waals surface area (Å²) < 4.78 is 0. The summed E-state index contributed by atoms with van der Waals surface area (Å²) in [5.74, 6) is -0.370. The Morgan fingerprint density at radius 1 is 1.00 bits per heavy atom. The molecule has 0 spiro atoms. The Hall–Kier alpha value is -3.12. The molecule has 3 aromatic carbocycles. The number of carboxylic acid groups (broad SMARTS) is 1. The highest BCUT2D eigenvalue weighted by molar-refractivity contribution is 7.99. The fourth-order valence-electron chi connectivity index (χ4n) is 4.72. The van der Waals surface area contributed by atoms with Crippen molar-refractivity contribution >= 4 is 52.4 Å². The van der Waals surface area contributed by atoms with Crippen LogP contribution in [0, 0.1) is 5.92 Å². The third-order valence-electron chi connectivity index (χ3n) is 7.05. The first-order valence-corrected chi connectivity index (χ1v) is 15.0. The Labute approximate surface area is 246 Å². The maximum absolute atomic E-state index is 11.4. The number of hydrogen-bond donors (Lipinski definition) is 2. The van der Waals surface area contributed by atoms with Crippen LogP contribution >= 0.6 is 23.4 Å². The molecule has 4 nitrogen and oxygen atoms in total. The summed E-state index contributed by atoms with van der Waals surface area (Å²) in [6.45, 7) is 5.40. The summed E-state index contributed by atoms with van der Waals surface area (Å²) in [5, 5.41) is 21.9. The maximum atomic E-state index is 11.4. The fourth-order valence-corrected chi connectivity index (χ4v) is 6.29. The van der Waals surface area contributed by atoms with Crippen molar-refractivity contribution in [3.63, 3.8) is 0 Å². The van der Waals surface area contributed by atoms with Gasteiger partial charge in [-0.1, -0.05) is 85.3 Å². The van der Waals surface area contributed by atoms with E-state index >= 15 is 0 Å². The van der Waals surface area contributed by atoms with E-state index in [1.165, 1.54) is 5.56 Å². The normalized spacial score (nSPS) is 13.5. The van der Waals surface area contributed by atoms with Gasteiger partial charge in [0.2, 0.25) is 0 Å². The van der Waals surface area contributed by atoms with Gasteiger partial charge in [-0.15, -0.1) is 0 Å². The number of aliphatic carboxylic acids is 1. The van der Waals surface area contributed by atoms with Gasteiger partial charge in [0.15, 0.2) is 0 Å². The molecule has 2 unspecified atom stereocenters. The van der Waals surface area contributed by atoms with E-state index in [0.717, 1.165) is 51.9 Å². The number of rotatable bonds is 12. The molecule has 4 aromatic rings. The topological polar surface area (TPSA) is 70.4 Å². The predicted octanol–water partition coefficient (Wildman–Crippen LogP) is 8.80. The molecule has 208 valence electrons. The van der Waals surface area contributed by atoms with Crippen LogP contribution in [0.15, 0.2) is 78.9 Å². The van der Waals surface area contributed by atoms with Crippen molar-refractivity contribution in [2.45, 2.75) is 50.9 Å². The van der Waals surface area contributed by atoms with Gasteiger partial charge in [-0.2, -0.15) is 11.8 Å². The summed E-state index contributed by atoms with van der Waals surface area (Å²) in [6.07, 6.45) is 6.39. The minimum atomic E-state index is -0.914. The Morgan fingerprint density at radius 2 is 1.77 bits per heavy atom. The second kappa shape index (κ2) is 13.5. The van der Waals surface area contributed by atoms with Gasteiger partial charge in [0.05, 0.1) is 22.7 Å². The van der Waals surface area contributed by atoms with Crippen LogP contribution in [-0.4, -0.2) is 26.9 Å². The average molecular weight is 574 g/mol. The molecule has 0 saturated carbocycles. The van der Waals surface area contributed by atoms with Gasteiger partial charge in [-0.3, -0.25) is 4.79 Å². The molecule has 0 aliphatic rings. The lowest BCUT2D eigenvalue weighted by atomic mass is 9.90. The molecule has 1 aromatic heterocycles. The van der Waals surface area contributed by atoms with E-state index in [9.17, 15) is 15.0 Å². The Morgan fingerprint density at radius 3 is 2.55 bits per heavy atom. The van der Waals surface area contributed by atoms with Gasteiger partial charge in [-0.25, -0.2) is 4.98 Å². The van der Waals surface area contributed by atoms with Crippen molar-refractivity contribution < 1.29 is 15.0 Å². The lowest BCUT2D eigenvalue weighted by molar-refractivity contribution is -0.141. The minimum Gasteiger partial charge on any atom is -0.481 e. The molecule has 0 aliphatic heterocycles. The van der Waals surface area contributed by atoms with E-state index in [4.69, 9.17) is 16.6 Å². The molecule has 0 bridgehead atoms. The number of fused-ring (bicyclic) bond motifs is 1. The zero-order chi connectivity index (χ0) is 28.7. The Balaban J connectivity index is 1.55. The first-order valence-electron chi connectivity index (χ1n) is 13.6. The molecule has 2 atom stereocenters. The Kier molecular flexibility index (Phi) is 10.1. The van der Waals surface area contributed by atoms with Crippen molar-refractivity contribution in [3.05, 3.63) is 112 Å². The molecule has 0 fully saturated rings. The molecule has 40 heavy (non-hydrogen) atoms. The predicted molar refractivity (Wildman–Crippen MR) is 169 cm³/mol. The van der Waals surface area contributed by atoms with Crippen LogP contribution in [-0.2, 0) is 16.8 Å². The number of benzene rings is 3. The van der Waals surface area contributed by atoms with Crippen molar-refractivity contribution in [2.75, 3.05) is 5.75 Å². The average Bonchev–Trinajstić information content (AvgIpc) is 2.93. The van der Waals surface area contributed by atoms with Crippen LogP contribution < -0.4 is 0 Å². The van der Waals surface area contributed by atoms with Crippen LogP contribution in [0.4, 0.5) is 0 Å². The standard InChI is InChI=1S/C34H36ClNO3S/c1-23(33(37)38)19-20-40-32(18-14-25-8-4-5-10-30(25)34(2,3)39)27-9-6-7-24(21-27)11-16-29-17-13-26-12-15-28(35)22-31(26)36-29/h4-13,15-17,21-23,32,39H,14,18-20H2,1-3H3,(H,37,38). The van der Waals surface area contributed by atoms with Crippen LogP contribution in [0.5, 0.6) is 0 Å². The van der Waals surface area contributed by atoms with Gasteiger partial charge < -0.3 is 10.2 Å². The lowest BCUT2D eigenvalue weighted by Crippen LogP contribution is -2.18. The first kappa shape index (κ1) is 29.9. The number of aromatic nitrogens is 1. The second-order valence-corrected chi connectivity index (χ2v) is 12.5. The summed E-state index contributed by atoms with van der Waals surface area (Å²) in [7, 11) is 0. The van der Waals surface area contributed by atoms with Crippen LogP contribution in [0.25, 0.3) is 23.1 Å². The molecular formula is C34H36ClNO3S. The smallest absolute Gasteiger partial charge is 0.306 e. The van der Waals surface area contributed by atoms with E-state index < -0.39 is 11.6 Å². The number of carboxylic acids is 1. The third-order valence-corrected chi connectivity index (χ3v) is 8.67. The number of thioether (sulfide) groups is 1. The molecule has 6 heteroatoms. The number of aryl methyl sites for hydroxylation is 1. The number of nitrogens with zero attached hydrogens (tertiary/aromatic N) is 1. The van der Waals surface area contributed by atoms with E-state index in [1.807, 2.05) is 68.5 Å². The van der Waals surface area contributed by atoms with Gasteiger partial charge in [-0.05, 0) is 85.4 Å². The van der Waals surface area contributed by atoms with Gasteiger partial charge in [0.25, 0.3) is 0 Å². The number of hydrogen-bond acceptors (Lipinski definition) is 4. The highest BCUT2D eigenvalue weighted by atomic mass is 35.5. The zero-order valence-electron chi connectivity index (χ0n) is 23.2. The highest BCUT2D eigenvalue weighted by Gasteiger charge is 2.21. The largest absolute Gasteiger partial charge is 0.481 e. The monoisotopic (exact) mass is 573 g/mol. The summed E-state index contributed by atoms with van der Waals surface area (Å²) in [4.78, 5) is 16.1. The molecule has 0 aliphatic carbocycles. The van der Waals surface area contributed by atoms with E-state index in [-0.39, 0.29) is 11.2 Å². The zero-order valence-corrected chi connectivity index (χ0v) is 24.8. The van der Waals surface area contributed by atoms with Crippen LogP contribution in [0.2, 0.25) is 5.02 Å². The quantitative estimate of drug-likeness (QED) is 0.177. The van der Waals surface area contributed by atoms with Crippen LogP contribution in [0.1, 0.15) is 66.8 Å². The van der Waals surface area contributed by atoms with E-state index in [2.05, 4.69) is 36.4 Å². The van der Waals surface area contributed by atoms with Crippen LogP contribution in [0.3, 0.4) is 0 Å². The summed E-state index contributed by atoms with van der Waals surface area (Å²) in [5.41, 5.74) is 5.17. The number of aliphatic hydroxyl groups is 1. The molecular weight excluding hydrogens is 538 g/mol. The SMILES string of the molecule is CC(CCSC(CCc1ccccc1C(C)(C)O)c1cccc(C=Cc2ccc3ccc(Cl)cc3n2)c1)C(=O)O. The van der Waals surface area contributed by atoms with Crippen molar-refractivity contribution in [1.29, 1.82) is 0 Å². The number of pyridine rings is 1. The molecule has 0 radical (unpaired) electrons. The third kappa shape index (κ3) is 8.20. The molecule has 2 N–H and O–H groups in total. The summed E-state index contributed by atoms with van der Waals surface area (Å²) in [6, 6.07) is 26.3. The fraction of sp³-hybridized carbons (Fsp3) is 0.294. The molecule has 1 heterocycles. The van der Waals surface area contributed by atoms with Gasteiger partial charge in [0.1, 0.15) is 0 Å². The van der Waals surface area contributed by atoms with Gasteiger partial charge >= 0.3 is 5.97 Å². The summed E-state index contributed by atoms with van der Waals surface area (Å²) >= 11 is 7.96. The lowest BCUT2D eigenvalue weighted by Gasteiger charge is -2.23. The number of carbonyl (C=O) groups is 1. The molecule has 0 saturated heterocycles. The minimum absolute atomic E-state index is 0.185. The highest BCUT2D eigenvalue weighted by Crippen LogP contribution is 2.36. The van der Waals surface area contributed by atoms with Crippen molar-refractivity contribution in [1.82, 2.24) is 4.98 Å². The van der Waals surface area contributed by atoms with Gasteiger partial charge in [0, 0.05) is 15.7 Å². The maximum Gasteiger partial charge on any atom is 0.306 e. The van der Waals surface area contributed by atoms with Crippen molar-refractivity contribution in [3.8, 4) is 0 Å². The van der Waals surface area contributed by atoms with E-state index in [1.54, 1.807) is 18.7 Å². The van der Waals surface area contributed by atoms with E-state index in [0.29, 0.717) is 11.4 Å². The number of halogens is 1. The second-order valence-electron chi connectivity index (χ2n) is 10.7. The first-order chi connectivity index (χ1) is 19.1. The molecule has 0 amide bonds.